The van der Waals surface area contributed by atoms with Crippen molar-refractivity contribution >= 4 is 45.6 Å². The van der Waals surface area contributed by atoms with Crippen LogP contribution in [-0.4, -0.2) is 29.0 Å². The summed E-state index contributed by atoms with van der Waals surface area (Å²) in [6.45, 7) is 0. The topological polar surface area (TPSA) is 87.1 Å². The van der Waals surface area contributed by atoms with Gasteiger partial charge in [-0.3, -0.25) is 9.50 Å². The third-order valence-electron chi connectivity index (χ3n) is 5.06. The summed E-state index contributed by atoms with van der Waals surface area (Å²) < 4.78 is 3.96. The molecular weight excluding hydrogens is 382 g/mol. The molecule has 0 unspecified atom stereocenters. The number of para-hydroxylation sites is 2. The molecule has 0 radical (unpaired) electrons. The van der Waals surface area contributed by atoms with Crippen LogP contribution >= 0.6 is 12.2 Å². The summed E-state index contributed by atoms with van der Waals surface area (Å²) in [5.41, 5.74) is 5.67. The van der Waals surface area contributed by atoms with Crippen molar-refractivity contribution in [3.8, 4) is 17.2 Å². The number of nitrogens with one attached hydrogen (secondary N) is 1. The van der Waals surface area contributed by atoms with Crippen molar-refractivity contribution < 1.29 is 0 Å². The highest BCUT2D eigenvalue weighted by Crippen LogP contribution is 2.37. The number of rotatable bonds is 1. The molecule has 4 aromatic heterocycles. The first-order valence-electron chi connectivity index (χ1n) is 8.92. The summed E-state index contributed by atoms with van der Waals surface area (Å²) in [5, 5.41) is 13.9. The highest BCUT2D eigenvalue weighted by atomic mass is 32.1. The van der Waals surface area contributed by atoms with Gasteiger partial charge < -0.3 is 0 Å². The fourth-order valence-electron chi connectivity index (χ4n) is 3.91. The zero-order valence-corrected chi connectivity index (χ0v) is 15.7. The van der Waals surface area contributed by atoms with Gasteiger partial charge in [-0.2, -0.15) is 10.2 Å². The summed E-state index contributed by atoms with van der Waals surface area (Å²) in [6, 6.07) is 19.9. The summed E-state index contributed by atoms with van der Waals surface area (Å²) >= 11 is 5.25. The van der Waals surface area contributed by atoms with Crippen LogP contribution in [0.25, 0.3) is 44.5 Å². The zero-order valence-electron chi connectivity index (χ0n) is 14.9. The Labute approximate surface area is 168 Å². The van der Waals surface area contributed by atoms with Gasteiger partial charge in [0.2, 0.25) is 4.77 Å². The van der Waals surface area contributed by atoms with E-state index in [1.165, 1.54) is 0 Å². The van der Waals surface area contributed by atoms with E-state index in [4.69, 9.17) is 22.2 Å². The molecule has 0 atom stereocenters. The number of benzene rings is 2. The van der Waals surface area contributed by atoms with Gasteiger partial charge in [0.1, 0.15) is 18.0 Å². The minimum absolute atomic E-state index is 0.354. The largest absolute Gasteiger partial charge is 0.275 e. The van der Waals surface area contributed by atoms with E-state index in [1.54, 1.807) is 10.8 Å². The number of imidazole rings is 1. The number of nitriles is 1. The van der Waals surface area contributed by atoms with Crippen molar-refractivity contribution in [3.63, 3.8) is 0 Å². The van der Waals surface area contributed by atoms with Gasteiger partial charge in [-0.15, -0.1) is 0 Å². The molecule has 4 heterocycles. The number of pyridine rings is 1. The maximum atomic E-state index is 10.2. The molecule has 1 N–H and O–H groups in total. The van der Waals surface area contributed by atoms with Crippen molar-refractivity contribution in [1.29, 1.82) is 5.26 Å². The Morgan fingerprint density at radius 2 is 1.72 bits per heavy atom. The number of fused-ring (bicyclic) bond motifs is 7. The molecule has 136 valence electrons. The van der Waals surface area contributed by atoms with Gasteiger partial charge in [0, 0.05) is 5.56 Å². The number of aromatic nitrogens is 6. The van der Waals surface area contributed by atoms with Gasteiger partial charge in [-0.05, 0) is 29.9 Å². The predicted octanol–water partition coefficient (Wildman–Crippen LogP) is 4.28. The molecule has 0 aliphatic carbocycles. The standard InChI is InChI=1S/C21H11N7S/c22-10-13-16(12-6-2-1-3-7-12)17-19(23-11-27-20(17)25-21(29)26-27)28-15-9-5-4-8-14(15)24-18(13)28/h1-9,11H,(H,26,29). The lowest BCUT2D eigenvalue weighted by Crippen LogP contribution is -2.02. The summed E-state index contributed by atoms with van der Waals surface area (Å²) in [5.74, 6) is 0. The molecule has 8 heteroatoms. The molecule has 0 fully saturated rings. The van der Waals surface area contributed by atoms with Crippen LogP contribution in [0.2, 0.25) is 0 Å². The second kappa shape index (κ2) is 5.70. The molecule has 6 aromatic rings. The second-order valence-corrected chi connectivity index (χ2v) is 7.04. The lowest BCUT2D eigenvalue weighted by atomic mass is 9.98. The normalized spacial score (nSPS) is 11.6. The minimum Gasteiger partial charge on any atom is -0.275 e. The Bertz CT molecular complexity index is 1680. The molecule has 0 aliphatic rings. The molecule has 7 nitrogen and oxygen atoms in total. The Hall–Kier alpha value is -4.09. The Balaban J connectivity index is 2.01. The third kappa shape index (κ3) is 2.10. The smallest absolute Gasteiger partial charge is 0.214 e. The molecule has 0 saturated heterocycles. The van der Waals surface area contributed by atoms with Crippen LogP contribution in [0.5, 0.6) is 0 Å². The Morgan fingerprint density at radius 1 is 0.931 bits per heavy atom. The first kappa shape index (κ1) is 15.9. The fraction of sp³-hybridized carbons (Fsp3) is 0. The summed E-state index contributed by atoms with van der Waals surface area (Å²) in [4.78, 5) is 14.0. The van der Waals surface area contributed by atoms with Crippen LogP contribution in [-0.2, 0) is 0 Å². The maximum Gasteiger partial charge on any atom is 0.214 e. The van der Waals surface area contributed by atoms with Gasteiger partial charge >= 0.3 is 0 Å². The van der Waals surface area contributed by atoms with E-state index < -0.39 is 0 Å². The number of hydrogen-bond acceptors (Lipinski definition) is 5. The van der Waals surface area contributed by atoms with E-state index in [9.17, 15) is 5.26 Å². The maximum absolute atomic E-state index is 10.2. The zero-order chi connectivity index (χ0) is 19.5. The highest BCUT2D eigenvalue weighted by Gasteiger charge is 2.22. The van der Waals surface area contributed by atoms with Gasteiger partial charge in [0.05, 0.1) is 16.4 Å². The third-order valence-corrected chi connectivity index (χ3v) is 5.25. The van der Waals surface area contributed by atoms with Crippen molar-refractivity contribution in [1.82, 2.24) is 29.0 Å². The first-order chi connectivity index (χ1) is 14.3. The van der Waals surface area contributed by atoms with E-state index in [0.29, 0.717) is 27.3 Å². The SMILES string of the molecule is N#Cc1c(-c2ccccc2)c2c3nc(=S)[nH]n3cnc2n2c1nc1ccccc12. The molecule has 0 bridgehead atoms. The molecule has 2 aromatic carbocycles. The molecule has 6 rings (SSSR count). The summed E-state index contributed by atoms with van der Waals surface area (Å²) in [7, 11) is 0. The van der Waals surface area contributed by atoms with Gasteiger partial charge in [-0.1, -0.05) is 42.5 Å². The Kier molecular flexibility index (Phi) is 3.13. The average Bonchev–Trinajstić information content (AvgIpc) is 3.33. The van der Waals surface area contributed by atoms with Crippen LogP contribution in [0.15, 0.2) is 60.9 Å². The van der Waals surface area contributed by atoms with Crippen LogP contribution < -0.4 is 0 Å². The number of nitrogens with zero attached hydrogens (tertiary/aromatic N) is 6. The molecule has 0 spiro atoms. The minimum atomic E-state index is 0.354. The van der Waals surface area contributed by atoms with Crippen LogP contribution in [0.3, 0.4) is 0 Å². The number of H-pyrrole nitrogens is 1. The monoisotopic (exact) mass is 393 g/mol. The number of hydrogen-bond donors (Lipinski definition) is 1. The van der Waals surface area contributed by atoms with Gasteiger partial charge in [0.25, 0.3) is 0 Å². The fourth-order valence-corrected chi connectivity index (χ4v) is 4.09. The predicted molar refractivity (Wildman–Crippen MR) is 112 cm³/mol. The van der Waals surface area contributed by atoms with Gasteiger partial charge in [-0.25, -0.2) is 14.5 Å². The van der Waals surface area contributed by atoms with E-state index in [0.717, 1.165) is 27.5 Å². The quantitative estimate of drug-likeness (QED) is 0.421. The molecule has 0 amide bonds. The highest BCUT2D eigenvalue weighted by molar-refractivity contribution is 7.71. The lowest BCUT2D eigenvalue weighted by molar-refractivity contribution is 0.922. The van der Waals surface area contributed by atoms with E-state index in [1.807, 2.05) is 59.0 Å². The van der Waals surface area contributed by atoms with Crippen LogP contribution in [0, 0.1) is 16.1 Å². The number of aromatic amines is 1. The molecule has 29 heavy (non-hydrogen) atoms. The molecular formula is C21H11N7S. The second-order valence-electron chi connectivity index (χ2n) is 6.65. The Morgan fingerprint density at radius 3 is 2.55 bits per heavy atom. The van der Waals surface area contributed by atoms with Crippen molar-refractivity contribution in [2.24, 2.45) is 0 Å². The molecule has 0 saturated carbocycles. The van der Waals surface area contributed by atoms with Crippen molar-refractivity contribution in [2.45, 2.75) is 0 Å². The van der Waals surface area contributed by atoms with E-state index >= 15 is 0 Å². The van der Waals surface area contributed by atoms with Crippen LogP contribution in [0.1, 0.15) is 5.56 Å². The summed E-state index contributed by atoms with van der Waals surface area (Å²) in [6.07, 6.45) is 1.65. The van der Waals surface area contributed by atoms with Crippen molar-refractivity contribution in [3.05, 3.63) is 71.3 Å². The first-order valence-corrected chi connectivity index (χ1v) is 9.33. The van der Waals surface area contributed by atoms with Crippen LogP contribution in [0.4, 0.5) is 0 Å². The van der Waals surface area contributed by atoms with E-state index in [-0.39, 0.29) is 0 Å². The van der Waals surface area contributed by atoms with E-state index in [2.05, 4.69) is 16.2 Å². The van der Waals surface area contributed by atoms with Crippen molar-refractivity contribution in [2.75, 3.05) is 0 Å². The molecule has 0 aliphatic heterocycles. The average molecular weight is 393 g/mol. The lowest BCUT2D eigenvalue weighted by Gasteiger charge is -2.12. The van der Waals surface area contributed by atoms with Gasteiger partial charge in [0.15, 0.2) is 16.9 Å².